The molecule has 0 bridgehead atoms. The molecule has 0 spiro atoms. The molecule has 3 aliphatic rings. The SMILES string of the molecule is O=C1CCCS(=O)(=NC(=O)Nc2c3c(cc4c2CCC4)CCC3)N1. The Kier molecular flexibility index (Phi) is 3.83. The first kappa shape index (κ1) is 15.6. The summed E-state index contributed by atoms with van der Waals surface area (Å²) in [6.07, 6.45) is 7.07. The van der Waals surface area contributed by atoms with Crippen LogP contribution in [0.5, 0.6) is 0 Å². The van der Waals surface area contributed by atoms with Crippen LogP contribution in [0.4, 0.5) is 10.5 Å². The van der Waals surface area contributed by atoms with E-state index in [1.807, 2.05) is 0 Å². The molecule has 0 radical (unpaired) electrons. The Labute approximate surface area is 141 Å². The van der Waals surface area contributed by atoms with Crippen molar-refractivity contribution in [2.45, 2.75) is 51.4 Å². The van der Waals surface area contributed by atoms with Gasteiger partial charge in [0.05, 0.1) is 5.75 Å². The summed E-state index contributed by atoms with van der Waals surface area (Å²) in [5.41, 5.74) is 5.95. The molecule has 1 heterocycles. The van der Waals surface area contributed by atoms with Gasteiger partial charge in [-0.05, 0) is 67.2 Å². The number of carbonyl (C=O) groups excluding carboxylic acids is 2. The lowest BCUT2D eigenvalue weighted by Gasteiger charge is -2.18. The van der Waals surface area contributed by atoms with E-state index >= 15 is 0 Å². The first-order valence-corrected chi connectivity index (χ1v) is 10.3. The number of carbonyl (C=O) groups is 2. The molecule has 128 valence electrons. The van der Waals surface area contributed by atoms with E-state index in [0.29, 0.717) is 12.8 Å². The first-order chi connectivity index (χ1) is 11.5. The number of rotatable bonds is 1. The van der Waals surface area contributed by atoms with Crippen molar-refractivity contribution in [3.63, 3.8) is 0 Å². The summed E-state index contributed by atoms with van der Waals surface area (Å²) >= 11 is 0. The number of urea groups is 1. The van der Waals surface area contributed by atoms with Crippen molar-refractivity contribution in [2.75, 3.05) is 11.1 Å². The molecule has 1 fully saturated rings. The van der Waals surface area contributed by atoms with Crippen LogP contribution in [0.2, 0.25) is 0 Å². The van der Waals surface area contributed by atoms with E-state index in [2.05, 4.69) is 20.5 Å². The summed E-state index contributed by atoms with van der Waals surface area (Å²) in [6.45, 7) is 0. The molecule has 0 aromatic heterocycles. The number of hydrogen-bond acceptors (Lipinski definition) is 3. The zero-order valence-corrected chi connectivity index (χ0v) is 14.3. The van der Waals surface area contributed by atoms with Gasteiger partial charge in [0.1, 0.15) is 9.92 Å². The van der Waals surface area contributed by atoms with Gasteiger partial charge >= 0.3 is 6.03 Å². The van der Waals surface area contributed by atoms with Gasteiger partial charge in [-0.15, -0.1) is 4.36 Å². The second kappa shape index (κ2) is 5.88. The third kappa shape index (κ3) is 2.81. The van der Waals surface area contributed by atoms with E-state index in [1.165, 1.54) is 22.3 Å². The lowest BCUT2D eigenvalue weighted by molar-refractivity contribution is -0.119. The van der Waals surface area contributed by atoms with Crippen molar-refractivity contribution in [1.82, 2.24) is 4.72 Å². The van der Waals surface area contributed by atoms with Gasteiger partial charge in [-0.25, -0.2) is 9.00 Å². The Morgan fingerprint density at radius 3 is 2.33 bits per heavy atom. The number of fused-ring (bicyclic) bond motifs is 2. The quantitative estimate of drug-likeness (QED) is 0.818. The summed E-state index contributed by atoms with van der Waals surface area (Å²) in [7, 11) is -2.97. The zero-order chi connectivity index (χ0) is 16.7. The number of amides is 3. The smallest absolute Gasteiger partial charge is 0.305 e. The van der Waals surface area contributed by atoms with Crippen molar-refractivity contribution in [3.05, 3.63) is 28.3 Å². The highest BCUT2D eigenvalue weighted by atomic mass is 32.2. The van der Waals surface area contributed by atoms with E-state index in [9.17, 15) is 13.8 Å². The van der Waals surface area contributed by atoms with Crippen molar-refractivity contribution in [1.29, 1.82) is 0 Å². The Morgan fingerprint density at radius 2 is 1.71 bits per heavy atom. The molecule has 2 aliphatic carbocycles. The topological polar surface area (TPSA) is 87.6 Å². The molecule has 6 nitrogen and oxygen atoms in total. The highest BCUT2D eigenvalue weighted by Gasteiger charge is 2.26. The third-order valence-corrected chi connectivity index (χ3v) is 6.88. The maximum atomic E-state index is 12.5. The molecular weight excluding hydrogens is 326 g/mol. The van der Waals surface area contributed by atoms with Crippen molar-refractivity contribution in [2.24, 2.45) is 4.36 Å². The molecule has 3 amide bonds. The fourth-order valence-electron chi connectivity index (χ4n) is 4.01. The lowest BCUT2D eigenvalue weighted by atomic mass is 9.99. The number of aryl methyl sites for hydroxylation is 2. The number of nitrogens with zero attached hydrogens (tertiary/aromatic N) is 1. The number of hydrogen-bond donors (Lipinski definition) is 2. The average molecular weight is 347 g/mol. The maximum absolute atomic E-state index is 12.5. The second-order valence-electron chi connectivity index (χ2n) is 6.73. The lowest BCUT2D eigenvalue weighted by Crippen LogP contribution is -2.37. The predicted molar refractivity (Wildman–Crippen MR) is 92.3 cm³/mol. The molecule has 2 N–H and O–H groups in total. The van der Waals surface area contributed by atoms with E-state index in [1.54, 1.807) is 0 Å². The summed E-state index contributed by atoms with van der Waals surface area (Å²) in [4.78, 5) is 23.8. The minimum Gasteiger partial charge on any atom is -0.305 e. The van der Waals surface area contributed by atoms with Crippen LogP contribution in [0.1, 0.15) is 47.9 Å². The van der Waals surface area contributed by atoms with E-state index < -0.39 is 15.9 Å². The maximum Gasteiger partial charge on any atom is 0.354 e. The fourth-order valence-corrected chi connectivity index (χ4v) is 5.55. The highest BCUT2D eigenvalue weighted by Crippen LogP contribution is 2.38. The number of anilines is 1. The van der Waals surface area contributed by atoms with Gasteiger partial charge in [-0.1, -0.05) is 6.07 Å². The van der Waals surface area contributed by atoms with Crippen LogP contribution in [0.3, 0.4) is 0 Å². The summed E-state index contributed by atoms with van der Waals surface area (Å²) in [5.74, 6) is -0.0683. The van der Waals surface area contributed by atoms with Crippen molar-refractivity contribution >= 4 is 27.5 Å². The van der Waals surface area contributed by atoms with Gasteiger partial charge in [0.2, 0.25) is 5.91 Å². The van der Waals surface area contributed by atoms with Crippen LogP contribution in [-0.4, -0.2) is 21.9 Å². The zero-order valence-electron chi connectivity index (χ0n) is 13.5. The minimum atomic E-state index is -2.97. The fraction of sp³-hybridized carbons (Fsp3) is 0.529. The van der Waals surface area contributed by atoms with Gasteiger partial charge in [0.15, 0.2) is 0 Å². The van der Waals surface area contributed by atoms with Gasteiger partial charge in [-0.2, -0.15) is 0 Å². The third-order valence-electron chi connectivity index (χ3n) is 5.03. The summed E-state index contributed by atoms with van der Waals surface area (Å²) < 4.78 is 18.7. The normalized spacial score (nSPS) is 24.9. The van der Waals surface area contributed by atoms with Gasteiger partial charge in [0, 0.05) is 12.1 Å². The minimum absolute atomic E-state index is 0.233. The number of benzene rings is 1. The highest BCUT2D eigenvalue weighted by molar-refractivity contribution is 7.92. The van der Waals surface area contributed by atoms with Crippen LogP contribution in [0.15, 0.2) is 10.4 Å². The Hall–Kier alpha value is -1.89. The Bertz CT molecular complexity index is 821. The molecule has 24 heavy (non-hydrogen) atoms. The summed E-state index contributed by atoms with van der Waals surface area (Å²) in [6, 6.07) is 1.68. The van der Waals surface area contributed by atoms with Crippen molar-refractivity contribution < 1.29 is 13.8 Å². The molecule has 1 aromatic rings. The molecule has 7 heteroatoms. The molecular formula is C17H21N3O3S. The van der Waals surface area contributed by atoms with Gasteiger partial charge < -0.3 is 5.32 Å². The van der Waals surface area contributed by atoms with Crippen LogP contribution in [0, 0.1) is 0 Å². The predicted octanol–water partition coefficient (Wildman–Crippen LogP) is 2.49. The first-order valence-electron chi connectivity index (χ1n) is 8.57. The summed E-state index contributed by atoms with van der Waals surface area (Å²) in [5, 5.41) is 2.89. The van der Waals surface area contributed by atoms with Crippen molar-refractivity contribution in [3.8, 4) is 0 Å². The van der Waals surface area contributed by atoms with Crippen LogP contribution < -0.4 is 10.0 Å². The molecule has 1 unspecified atom stereocenters. The Morgan fingerprint density at radius 1 is 1.04 bits per heavy atom. The molecule has 4 rings (SSSR count). The monoisotopic (exact) mass is 347 g/mol. The van der Waals surface area contributed by atoms with Crippen LogP contribution in [0.25, 0.3) is 0 Å². The number of nitrogens with one attached hydrogen (secondary N) is 2. The van der Waals surface area contributed by atoms with E-state index in [-0.39, 0.29) is 11.7 Å². The second-order valence-corrected chi connectivity index (χ2v) is 8.80. The van der Waals surface area contributed by atoms with Gasteiger partial charge in [0.25, 0.3) is 0 Å². The standard InChI is InChI=1S/C17H21N3O3S/c21-15-8-3-9-24(23,19-15)20-17(22)18-16-13-6-1-4-11(13)10-12-5-2-7-14(12)16/h10H,1-9H2,(H2,18,19,20,21,22,23). The van der Waals surface area contributed by atoms with Crippen LogP contribution in [-0.2, 0) is 40.4 Å². The molecule has 1 aliphatic heterocycles. The largest absolute Gasteiger partial charge is 0.354 e. The van der Waals surface area contributed by atoms with Crippen LogP contribution >= 0.6 is 0 Å². The molecule has 0 saturated carbocycles. The van der Waals surface area contributed by atoms with E-state index in [4.69, 9.17) is 0 Å². The molecule has 1 atom stereocenters. The molecule has 1 aromatic carbocycles. The average Bonchev–Trinajstić information content (AvgIpc) is 3.14. The van der Waals surface area contributed by atoms with Gasteiger partial charge in [-0.3, -0.25) is 9.52 Å². The molecule has 1 saturated heterocycles. The Balaban J connectivity index is 1.66. The van der Waals surface area contributed by atoms with E-state index in [0.717, 1.165) is 44.2 Å².